The normalized spacial score (nSPS) is 11.3. The van der Waals surface area contributed by atoms with Crippen LogP contribution in [-0.2, 0) is 0 Å². The van der Waals surface area contributed by atoms with Gasteiger partial charge in [-0.3, -0.25) is 5.43 Å². The van der Waals surface area contributed by atoms with Gasteiger partial charge in [0.25, 0.3) is 0 Å². The second-order valence-electron chi connectivity index (χ2n) is 5.44. The third-order valence-corrected chi connectivity index (χ3v) is 3.58. The van der Waals surface area contributed by atoms with Crippen LogP contribution in [-0.4, -0.2) is 10.8 Å². The van der Waals surface area contributed by atoms with E-state index in [0.29, 0.717) is 17.2 Å². The summed E-state index contributed by atoms with van der Waals surface area (Å²) in [4.78, 5) is 4.17. The Balaban J connectivity index is 1.92. The maximum Gasteiger partial charge on any atom is 0.201 e. The van der Waals surface area contributed by atoms with E-state index in [1.807, 2.05) is 43.3 Å². The zero-order chi connectivity index (χ0) is 18.2. The predicted octanol–water partition coefficient (Wildman–Crippen LogP) is 4.82. The highest BCUT2D eigenvalue weighted by molar-refractivity contribution is 5.99. The summed E-state index contributed by atoms with van der Waals surface area (Å²) in [5.74, 6) is 0.994. The number of hydrogen-bond donors (Lipinski definition) is 1. The van der Waals surface area contributed by atoms with E-state index in [2.05, 4.69) is 31.8 Å². The molecule has 0 aliphatic carbocycles. The molecule has 0 fully saturated rings. The number of hydrogen-bond acceptors (Lipinski definition) is 5. The van der Waals surface area contributed by atoms with Crippen LogP contribution in [0.4, 0.5) is 11.5 Å². The molecule has 126 valence electrons. The van der Waals surface area contributed by atoms with Crippen LogP contribution in [0.2, 0.25) is 0 Å². The lowest BCUT2D eigenvalue weighted by molar-refractivity contribution is 1.18. The van der Waals surface area contributed by atoms with E-state index in [4.69, 9.17) is 5.26 Å². The number of aromatic nitrogens is 1. The van der Waals surface area contributed by atoms with Crippen molar-refractivity contribution in [2.75, 3.05) is 5.43 Å². The minimum Gasteiger partial charge on any atom is -0.259 e. The summed E-state index contributed by atoms with van der Waals surface area (Å²) in [6, 6.07) is 22.3. The van der Waals surface area contributed by atoms with Gasteiger partial charge < -0.3 is 0 Å². The molecule has 0 bridgehead atoms. The maximum atomic E-state index is 8.96. The molecule has 0 unspecified atom stereocenters. The average Bonchev–Trinajstić information content (AvgIpc) is 2.70. The minimum absolute atomic E-state index is 0.392. The molecule has 6 heteroatoms. The molecular weight excluding hydrogens is 324 g/mol. The van der Waals surface area contributed by atoms with Gasteiger partial charge in [-0.05, 0) is 55.0 Å². The van der Waals surface area contributed by atoms with Crippen molar-refractivity contribution in [1.82, 2.24) is 4.98 Å². The number of nitriles is 1. The van der Waals surface area contributed by atoms with Crippen molar-refractivity contribution >= 4 is 17.3 Å². The number of rotatable bonds is 4. The molecular formula is C20H16N6. The van der Waals surface area contributed by atoms with Crippen LogP contribution in [0.3, 0.4) is 0 Å². The Morgan fingerprint density at radius 2 is 1.77 bits per heavy atom. The predicted molar refractivity (Wildman–Crippen MR) is 101 cm³/mol. The minimum atomic E-state index is 0.392. The van der Waals surface area contributed by atoms with Gasteiger partial charge in [0.2, 0.25) is 5.84 Å². The van der Waals surface area contributed by atoms with E-state index in [1.165, 1.54) is 0 Å². The van der Waals surface area contributed by atoms with E-state index in [-0.39, 0.29) is 0 Å². The van der Waals surface area contributed by atoms with Gasteiger partial charge in [-0.25, -0.2) is 4.98 Å². The summed E-state index contributed by atoms with van der Waals surface area (Å²) in [6.45, 7) is 1.97. The van der Waals surface area contributed by atoms with E-state index < -0.39 is 0 Å². The van der Waals surface area contributed by atoms with Gasteiger partial charge in [0.1, 0.15) is 5.82 Å². The Morgan fingerprint density at radius 1 is 1.00 bits per heavy atom. The lowest BCUT2D eigenvalue weighted by Gasteiger charge is -2.03. The van der Waals surface area contributed by atoms with Gasteiger partial charge >= 0.3 is 0 Å². The standard InChI is InChI=1S/C20H16N6/c1-15-6-2-3-7-18(15)23-25-20(17-11-9-16(14-21)10-12-17)26-24-19-8-4-5-13-22-19/h2-13H,1H3,(H,22,24)/b25-23+,26-20+. The second kappa shape index (κ2) is 8.31. The van der Waals surface area contributed by atoms with Gasteiger partial charge in [-0.15, -0.1) is 10.2 Å². The van der Waals surface area contributed by atoms with Crippen molar-refractivity contribution in [2.45, 2.75) is 6.92 Å². The fourth-order valence-electron chi connectivity index (χ4n) is 2.15. The Bertz CT molecular complexity index is 969. The number of aryl methyl sites for hydroxylation is 1. The first-order valence-electron chi connectivity index (χ1n) is 7.99. The summed E-state index contributed by atoms with van der Waals surface area (Å²) in [5, 5.41) is 21.9. The molecule has 0 saturated carbocycles. The molecule has 26 heavy (non-hydrogen) atoms. The molecule has 1 aromatic heterocycles. The van der Waals surface area contributed by atoms with Gasteiger partial charge in [-0.2, -0.15) is 10.4 Å². The van der Waals surface area contributed by atoms with Crippen LogP contribution in [0, 0.1) is 18.3 Å². The zero-order valence-electron chi connectivity index (χ0n) is 14.2. The van der Waals surface area contributed by atoms with E-state index >= 15 is 0 Å². The number of hydrazone groups is 1. The molecule has 1 heterocycles. The van der Waals surface area contributed by atoms with E-state index in [9.17, 15) is 0 Å². The fourth-order valence-corrected chi connectivity index (χ4v) is 2.15. The molecule has 0 radical (unpaired) electrons. The van der Waals surface area contributed by atoms with Gasteiger partial charge in [0, 0.05) is 11.8 Å². The number of nitrogens with one attached hydrogen (secondary N) is 1. The van der Waals surface area contributed by atoms with Crippen molar-refractivity contribution in [2.24, 2.45) is 15.3 Å². The van der Waals surface area contributed by atoms with Crippen molar-refractivity contribution in [3.63, 3.8) is 0 Å². The van der Waals surface area contributed by atoms with Crippen LogP contribution in [0.15, 0.2) is 88.3 Å². The highest BCUT2D eigenvalue weighted by Gasteiger charge is 2.04. The van der Waals surface area contributed by atoms with E-state index in [1.54, 1.807) is 36.5 Å². The SMILES string of the molecule is Cc1ccccc1/N=N/C(=N/Nc1ccccn1)c1ccc(C#N)cc1. The fraction of sp³-hybridized carbons (Fsp3) is 0.0500. The highest BCUT2D eigenvalue weighted by atomic mass is 15.4. The number of anilines is 1. The van der Waals surface area contributed by atoms with Gasteiger partial charge in [0.05, 0.1) is 17.3 Å². The number of pyridine rings is 1. The Labute approximate surface area is 151 Å². The molecule has 3 aromatic rings. The molecule has 0 aliphatic rings. The van der Waals surface area contributed by atoms with Crippen LogP contribution in [0.25, 0.3) is 0 Å². The summed E-state index contributed by atoms with van der Waals surface area (Å²) in [7, 11) is 0. The molecule has 0 spiro atoms. The lowest BCUT2D eigenvalue weighted by Crippen LogP contribution is -2.02. The topological polar surface area (TPSA) is 85.8 Å². The van der Waals surface area contributed by atoms with Gasteiger partial charge in [-0.1, -0.05) is 24.3 Å². The third-order valence-electron chi connectivity index (χ3n) is 3.58. The first-order chi connectivity index (χ1) is 12.8. The largest absolute Gasteiger partial charge is 0.259 e. The number of azo groups is 1. The Morgan fingerprint density at radius 3 is 2.46 bits per heavy atom. The van der Waals surface area contributed by atoms with Crippen molar-refractivity contribution in [3.8, 4) is 6.07 Å². The Kier molecular flexibility index (Phi) is 5.43. The second-order valence-corrected chi connectivity index (χ2v) is 5.44. The zero-order valence-corrected chi connectivity index (χ0v) is 14.2. The van der Waals surface area contributed by atoms with Crippen molar-refractivity contribution < 1.29 is 0 Å². The number of benzene rings is 2. The molecule has 3 rings (SSSR count). The first-order valence-corrected chi connectivity index (χ1v) is 7.99. The molecule has 0 atom stereocenters. The number of nitrogens with zero attached hydrogens (tertiary/aromatic N) is 5. The van der Waals surface area contributed by atoms with Crippen molar-refractivity contribution in [1.29, 1.82) is 5.26 Å². The molecule has 2 aromatic carbocycles. The lowest BCUT2D eigenvalue weighted by atomic mass is 10.1. The van der Waals surface area contributed by atoms with Crippen LogP contribution in [0.5, 0.6) is 0 Å². The first kappa shape index (κ1) is 17.0. The summed E-state index contributed by atoms with van der Waals surface area (Å²) < 4.78 is 0. The quantitative estimate of drug-likeness (QED) is 0.320. The number of amidine groups is 1. The monoisotopic (exact) mass is 340 g/mol. The third kappa shape index (κ3) is 4.36. The maximum absolute atomic E-state index is 8.96. The molecule has 1 N–H and O–H groups in total. The molecule has 0 amide bonds. The average molecular weight is 340 g/mol. The van der Waals surface area contributed by atoms with Crippen LogP contribution < -0.4 is 5.43 Å². The van der Waals surface area contributed by atoms with Crippen LogP contribution in [0.1, 0.15) is 16.7 Å². The molecule has 0 aliphatic heterocycles. The molecule has 6 nitrogen and oxygen atoms in total. The van der Waals surface area contributed by atoms with Gasteiger partial charge in [0.15, 0.2) is 0 Å². The Hall–Kier alpha value is -3.85. The van der Waals surface area contributed by atoms with Crippen LogP contribution >= 0.6 is 0 Å². The highest BCUT2D eigenvalue weighted by Crippen LogP contribution is 2.18. The summed E-state index contributed by atoms with van der Waals surface area (Å²) >= 11 is 0. The van der Waals surface area contributed by atoms with Crippen molar-refractivity contribution in [3.05, 3.63) is 89.6 Å². The summed E-state index contributed by atoms with van der Waals surface area (Å²) in [5.41, 5.74) is 5.98. The smallest absolute Gasteiger partial charge is 0.201 e. The van der Waals surface area contributed by atoms with E-state index in [0.717, 1.165) is 16.8 Å². The molecule has 0 saturated heterocycles. The summed E-state index contributed by atoms with van der Waals surface area (Å²) in [6.07, 6.45) is 1.67.